The summed E-state index contributed by atoms with van der Waals surface area (Å²) in [5, 5.41) is 41.8. The van der Waals surface area contributed by atoms with Gasteiger partial charge in [-0.25, -0.2) is 0 Å². The Morgan fingerprint density at radius 3 is 2.71 bits per heavy atom. The number of likely N-dealkylation sites (N-methyl/N-ethyl adjacent to an activating group) is 1. The van der Waals surface area contributed by atoms with Crippen molar-refractivity contribution in [3.8, 4) is 0 Å². The largest absolute Gasteiger partial charge is 0.393 e. The number of aliphatic hydroxyl groups is 3. The summed E-state index contributed by atoms with van der Waals surface area (Å²) in [4.78, 5) is 0. The Labute approximate surface area is 213 Å². The molecule has 2 spiro atoms. The van der Waals surface area contributed by atoms with Crippen LogP contribution in [0.5, 0.6) is 0 Å². The highest BCUT2D eigenvalue weighted by molar-refractivity contribution is 5.29. The van der Waals surface area contributed by atoms with Crippen molar-refractivity contribution in [2.24, 2.45) is 39.9 Å². The van der Waals surface area contributed by atoms with Gasteiger partial charge >= 0.3 is 0 Å². The fraction of sp³-hybridized carbons (Fsp3) is 1.00. The molecule has 200 valence electrons. The van der Waals surface area contributed by atoms with Crippen molar-refractivity contribution in [3.05, 3.63) is 0 Å². The van der Waals surface area contributed by atoms with E-state index in [0.29, 0.717) is 29.8 Å². The summed E-state index contributed by atoms with van der Waals surface area (Å²) in [6, 6.07) is 1.12. The molecule has 6 rings (SSSR count). The lowest BCUT2D eigenvalue weighted by molar-refractivity contribution is -0.305. The molecule has 5 heteroatoms. The Kier molecular flexibility index (Phi) is 6.21. The van der Waals surface area contributed by atoms with Gasteiger partial charge in [0.25, 0.3) is 0 Å². The van der Waals surface area contributed by atoms with Crippen LogP contribution in [0.15, 0.2) is 0 Å². The van der Waals surface area contributed by atoms with E-state index in [-0.39, 0.29) is 34.4 Å². The second-order valence-corrected chi connectivity index (χ2v) is 14.8. The molecule has 1 saturated heterocycles. The van der Waals surface area contributed by atoms with Crippen molar-refractivity contribution >= 4 is 0 Å². The predicted molar refractivity (Wildman–Crippen MR) is 139 cm³/mol. The van der Waals surface area contributed by atoms with Crippen molar-refractivity contribution in [1.82, 2.24) is 10.6 Å². The first-order valence-corrected chi connectivity index (χ1v) is 15.1. The molecule has 0 aromatic heterocycles. The van der Waals surface area contributed by atoms with Crippen molar-refractivity contribution in [1.29, 1.82) is 0 Å². The molecule has 5 saturated carbocycles. The summed E-state index contributed by atoms with van der Waals surface area (Å²) in [5.74, 6) is 2.23. The van der Waals surface area contributed by atoms with Gasteiger partial charge in [0, 0.05) is 24.0 Å². The van der Waals surface area contributed by atoms with Crippen LogP contribution >= 0.6 is 0 Å². The first-order valence-electron chi connectivity index (χ1n) is 15.1. The van der Waals surface area contributed by atoms with E-state index in [0.717, 1.165) is 64.3 Å². The fourth-order valence-electron chi connectivity index (χ4n) is 11.6. The quantitative estimate of drug-likeness (QED) is 0.390. The topological polar surface area (TPSA) is 84.8 Å². The molecular weight excluding hydrogens is 436 g/mol. The molecule has 5 nitrogen and oxygen atoms in total. The minimum atomic E-state index is -0.575. The zero-order valence-electron chi connectivity index (χ0n) is 22.6. The fourth-order valence-corrected chi connectivity index (χ4v) is 11.6. The molecule has 6 aliphatic rings. The molecule has 1 aliphatic heterocycles. The van der Waals surface area contributed by atoms with E-state index in [9.17, 15) is 15.3 Å². The highest BCUT2D eigenvalue weighted by atomic mass is 16.3. The summed E-state index contributed by atoms with van der Waals surface area (Å²) in [7, 11) is 2.07. The lowest BCUT2D eigenvalue weighted by atomic mass is 9.31. The standard InChI is InChI=1S/C30H52N2O3/c1-19(33)6-4-7-20-12-23-26-21(8-9-22(32-26)17-31-3)14-30-24(15-28(23,30)13-20)29(35)11-5-10-27(2,18-29)16-25(30)34/h19-26,31-35H,4-18H2,1-3H3/t19-,20-,21-,22+,23-,24-,25-,26+,27-,28+,29+,30-/m0/s1. The molecule has 0 radical (unpaired) electrons. The minimum Gasteiger partial charge on any atom is -0.393 e. The van der Waals surface area contributed by atoms with E-state index in [1.54, 1.807) is 0 Å². The maximum Gasteiger partial charge on any atom is 0.0687 e. The van der Waals surface area contributed by atoms with Gasteiger partial charge in [-0.05, 0) is 119 Å². The molecule has 12 atom stereocenters. The molecule has 0 amide bonds. The summed E-state index contributed by atoms with van der Waals surface area (Å²) in [5.41, 5.74) is -0.392. The van der Waals surface area contributed by atoms with Crippen LogP contribution in [0.3, 0.4) is 0 Å². The zero-order chi connectivity index (χ0) is 24.6. The Morgan fingerprint density at radius 2 is 1.94 bits per heavy atom. The van der Waals surface area contributed by atoms with Crippen LogP contribution in [0.4, 0.5) is 0 Å². The van der Waals surface area contributed by atoms with Crippen molar-refractivity contribution in [3.63, 3.8) is 0 Å². The molecule has 5 aliphatic carbocycles. The SMILES string of the molecule is CNC[C@H]1CC[C@H]2C[C@@]34[C@@H](O)C[C@]5(C)CCC[C@@](O)(C5)[C@@H]3C[C@@]43C[C@@H](CCC[C@H](C)O)C[C@H]3[C@@H]2N1. The molecule has 1 heterocycles. The lowest BCUT2D eigenvalue weighted by Crippen LogP contribution is -2.76. The number of nitrogens with one attached hydrogen (secondary N) is 2. The zero-order valence-corrected chi connectivity index (χ0v) is 22.6. The molecule has 0 unspecified atom stereocenters. The minimum absolute atomic E-state index is 0.0873. The van der Waals surface area contributed by atoms with Crippen LogP contribution in [0.25, 0.3) is 0 Å². The monoisotopic (exact) mass is 488 g/mol. The van der Waals surface area contributed by atoms with E-state index in [1.165, 1.54) is 32.1 Å². The molecule has 6 fully saturated rings. The summed E-state index contributed by atoms with van der Waals surface area (Å²) >= 11 is 0. The highest BCUT2D eigenvalue weighted by Gasteiger charge is 2.80. The molecule has 35 heavy (non-hydrogen) atoms. The van der Waals surface area contributed by atoms with Crippen LogP contribution in [0, 0.1) is 39.9 Å². The van der Waals surface area contributed by atoms with Crippen molar-refractivity contribution in [2.45, 2.75) is 134 Å². The van der Waals surface area contributed by atoms with Crippen molar-refractivity contribution < 1.29 is 15.3 Å². The van der Waals surface area contributed by atoms with Crippen LogP contribution in [0.2, 0.25) is 0 Å². The number of hydrogen-bond acceptors (Lipinski definition) is 5. The highest BCUT2D eigenvalue weighted by Crippen LogP contribution is 2.82. The van der Waals surface area contributed by atoms with Crippen LogP contribution in [-0.4, -0.2) is 58.8 Å². The van der Waals surface area contributed by atoms with Gasteiger partial charge in [-0.15, -0.1) is 0 Å². The second-order valence-electron chi connectivity index (χ2n) is 14.8. The summed E-state index contributed by atoms with van der Waals surface area (Å²) in [6.07, 6.45) is 15.0. The van der Waals surface area contributed by atoms with Crippen LogP contribution < -0.4 is 10.6 Å². The normalized spacial score (nSPS) is 55.5. The van der Waals surface area contributed by atoms with E-state index in [4.69, 9.17) is 0 Å². The van der Waals surface area contributed by atoms with E-state index in [2.05, 4.69) is 24.6 Å². The third-order valence-electron chi connectivity index (χ3n) is 12.7. The van der Waals surface area contributed by atoms with Gasteiger partial charge in [-0.2, -0.15) is 0 Å². The van der Waals surface area contributed by atoms with E-state index >= 15 is 0 Å². The van der Waals surface area contributed by atoms with Gasteiger partial charge in [0.2, 0.25) is 0 Å². The molecule has 0 aromatic carbocycles. The average Bonchev–Trinajstić information content (AvgIpc) is 3.15. The molecular formula is C30H52N2O3. The van der Waals surface area contributed by atoms with Crippen molar-refractivity contribution in [2.75, 3.05) is 13.6 Å². The molecule has 0 aromatic rings. The number of aliphatic hydroxyl groups excluding tert-OH is 2. The van der Waals surface area contributed by atoms with E-state index in [1.807, 2.05) is 6.92 Å². The Hall–Kier alpha value is -0.200. The third-order valence-corrected chi connectivity index (χ3v) is 12.7. The van der Waals surface area contributed by atoms with E-state index < -0.39 is 5.60 Å². The molecule has 5 N–H and O–H groups in total. The predicted octanol–water partition coefficient (Wildman–Crippen LogP) is 3.99. The number of hydrogen-bond donors (Lipinski definition) is 5. The van der Waals surface area contributed by atoms with Crippen LogP contribution in [-0.2, 0) is 0 Å². The van der Waals surface area contributed by atoms with Gasteiger partial charge < -0.3 is 26.0 Å². The number of fused-ring (bicyclic) bond motifs is 5. The van der Waals surface area contributed by atoms with Gasteiger partial charge in [-0.1, -0.05) is 26.2 Å². The van der Waals surface area contributed by atoms with Gasteiger partial charge in [0.05, 0.1) is 17.8 Å². The smallest absolute Gasteiger partial charge is 0.0687 e. The Morgan fingerprint density at radius 1 is 1.11 bits per heavy atom. The maximum absolute atomic E-state index is 12.2. The maximum atomic E-state index is 12.2. The van der Waals surface area contributed by atoms with Gasteiger partial charge in [-0.3, -0.25) is 0 Å². The summed E-state index contributed by atoms with van der Waals surface area (Å²) in [6.45, 7) is 5.31. The van der Waals surface area contributed by atoms with Crippen LogP contribution in [0.1, 0.15) is 104 Å². The van der Waals surface area contributed by atoms with Gasteiger partial charge in [0.15, 0.2) is 0 Å². The lowest BCUT2D eigenvalue weighted by Gasteiger charge is -2.75. The second kappa shape index (κ2) is 8.66. The first kappa shape index (κ1) is 25.1. The average molecular weight is 489 g/mol. The van der Waals surface area contributed by atoms with Gasteiger partial charge in [0.1, 0.15) is 0 Å². The number of piperidine rings is 1. The molecule has 2 bridgehead atoms. The summed E-state index contributed by atoms with van der Waals surface area (Å²) < 4.78 is 0. The Balaban J connectivity index is 1.36. The number of rotatable bonds is 6. The third kappa shape index (κ3) is 3.65. The Bertz CT molecular complexity index is 806. The first-order chi connectivity index (χ1) is 16.6.